The third-order valence-corrected chi connectivity index (χ3v) is 4.12. The first-order valence-corrected chi connectivity index (χ1v) is 8.78. The summed E-state index contributed by atoms with van der Waals surface area (Å²) in [6, 6.07) is 16.9. The van der Waals surface area contributed by atoms with Gasteiger partial charge in [0.15, 0.2) is 0 Å². The van der Waals surface area contributed by atoms with Crippen molar-refractivity contribution in [2.75, 3.05) is 6.61 Å². The van der Waals surface area contributed by atoms with E-state index in [9.17, 15) is 4.79 Å². The number of ether oxygens (including phenoxy) is 1. The third kappa shape index (κ3) is 4.23. The highest BCUT2D eigenvalue weighted by molar-refractivity contribution is 5.95. The molecule has 0 saturated heterocycles. The quantitative estimate of drug-likeness (QED) is 0.537. The molecule has 0 aliphatic rings. The van der Waals surface area contributed by atoms with Crippen molar-refractivity contribution in [3.8, 4) is 11.4 Å². The van der Waals surface area contributed by atoms with E-state index in [4.69, 9.17) is 4.74 Å². The van der Waals surface area contributed by atoms with Crippen molar-refractivity contribution in [1.82, 2.24) is 15.2 Å². The van der Waals surface area contributed by atoms with Crippen LogP contribution >= 0.6 is 0 Å². The summed E-state index contributed by atoms with van der Waals surface area (Å²) in [4.78, 5) is 12.3. The monoisotopic (exact) mass is 362 g/mol. The molecule has 6 nitrogen and oxygen atoms in total. The van der Waals surface area contributed by atoms with Crippen molar-refractivity contribution < 1.29 is 9.53 Å². The number of carbonyl (C=O) groups excluding carboxylic acids is 1. The highest BCUT2D eigenvalue weighted by Gasteiger charge is 2.11. The maximum Gasteiger partial charge on any atom is 0.271 e. The van der Waals surface area contributed by atoms with Crippen molar-refractivity contribution in [3.05, 3.63) is 77.1 Å². The molecule has 0 saturated carbocycles. The Bertz CT molecular complexity index is 962. The SMILES string of the molecule is CCOc1cccc(C(=O)N/N=C/c2c(C)nn(-c3ccccc3)c2C)c1. The van der Waals surface area contributed by atoms with E-state index in [1.54, 1.807) is 24.4 Å². The van der Waals surface area contributed by atoms with E-state index in [0.717, 1.165) is 22.6 Å². The zero-order valence-corrected chi connectivity index (χ0v) is 15.6. The molecule has 0 aliphatic carbocycles. The summed E-state index contributed by atoms with van der Waals surface area (Å²) in [7, 11) is 0. The molecule has 1 aromatic heterocycles. The Morgan fingerprint density at radius 1 is 1.19 bits per heavy atom. The molecule has 0 aliphatic heterocycles. The minimum absolute atomic E-state index is 0.293. The first-order valence-electron chi connectivity index (χ1n) is 8.78. The smallest absolute Gasteiger partial charge is 0.271 e. The van der Waals surface area contributed by atoms with E-state index in [1.165, 1.54) is 0 Å². The minimum atomic E-state index is -0.293. The summed E-state index contributed by atoms with van der Waals surface area (Å²) < 4.78 is 7.28. The van der Waals surface area contributed by atoms with E-state index >= 15 is 0 Å². The number of amides is 1. The van der Waals surface area contributed by atoms with Gasteiger partial charge >= 0.3 is 0 Å². The number of carbonyl (C=O) groups is 1. The summed E-state index contributed by atoms with van der Waals surface area (Å²) in [6.07, 6.45) is 1.63. The lowest BCUT2D eigenvalue weighted by Crippen LogP contribution is -2.17. The van der Waals surface area contributed by atoms with Gasteiger partial charge in [0, 0.05) is 11.1 Å². The number of rotatable bonds is 6. The Labute approximate surface area is 158 Å². The van der Waals surface area contributed by atoms with E-state index in [2.05, 4.69) is 15.6 Å². The number of nitrogens with one attached hydrogen (secondary N) is 1. The minimum Gasteiger partial charge on any atom is -0.494 e. The summed E-state index contributed by atoms with van der Waals surface area (Å²) in [6.45, 7) is 6.34. The second kappa shape index (κ2) is 8.31. The topological polar surface area (TPSA) is 68.5 Å². The molecule has 0 fully saturated rings. The van der Waals surface area contributed by atoms with Crippen LogP contribution in [0.25, 0.3) is 5.69 Å². The van der Waals surface area contributed by atoms with Crippen LogP contribution in [0.15, 0.2) is 59.7 Å². The molecule has 0 atom stereocenters. The van der Waals surface area contributed by atoms with Gasteiger partial charge in [-0.3, -0.25) is 4.79 Å². The van der Waals surface area contributed by atoms with Gasteiger partial charge in [-0.1, -0.05) is 24.3 Å². The summed E-state index contributed by atoms with van der Waals surface area (Å²) in [5, 5.41) is 8.67. The third-order valence-electron chi connectivity index (χ3n) is 4.12. The average Bonchev–Trinajstić information content (AvgIpc) is 2.97. The molecule has 0 radical (unpaired) electrons. The van der Waals surface area contributed by atoms with Gasteiger partial charge in [0.2, 0.25) is 0 Å². The van der Waals surface area contributed by atoms with Crippen LogP contribution in [0.4, 0.5) is 0 Å². The highest BCUT2D eigenvalue weighted by atomic mass is 16.5. The molecule has 27 heavy (non-hydrogen) atoms. The molecule has 1 N–H and O–H groups in total. The standard InChI is InChI=1S/C21H22N4O2/c1-4-27-19-12-8-9-17(13-19)21(26)23-22-14-20-15(2)24-25(16(20)3)18-10-6-5-7-11-18/h5-14H,4H2,1-3H3,(H,23,26)/b22-14+. The zero-order valence-electron chi connectivity index (χ0n) is 15.6. The molecule has 138 valence electrons. The van der Waals surface area contributed by atoms with E-state index < -0.39 is 0 Å². The Balaban J connectivity index is 1.74. The second-order valence-corrected chi connectivity index (χ2v) is 5.99. The van der Waals surface area contributed by atoms with Gasteiger partial charge in [-0.15, -0.1) is 0 Å². The van der Waals surface area contributed by atoms with Crippen molar-refractivity contribution in [2.45, 2.75) is 20.8 Å². The van der Waals surface area contributed by atoms with Gasteiger partial charge in [0.1, 0.15) is 5.75 Å². The number of hydrogen-bond acceptors (Lipinski definition) is 4. The van der Waals surface area contributed by atoms with Gasteiger partial charge < -0.3 is 4.74 Å². The fourth-order valence-electron chi connectivity index (χ4n) is 2.78. The summed E-state index contributed by atoms with van der Waals surface area (Å²) in [5.74, 6) is 0.364. The van der Waals surface area contributed by atoms with Gasteiger partial charge in [0.25, 0.3) is 5.91 Å². The Morgan fingerprint density at radius 3 is 2.70 bits per heavy atom. The largest absolute Gasteiger partial charge is 0.494 e. The highest BCUT2D eigenvalue weighted by Crippen LogP contribution is 2.16. The van der Waals surface area contributed by atoms with E-state index in [-0.39, 0.29) is 5.91 Å². The lowest BCUT2D eigenvalue weighted by Gasteiger charge is -2.05. The predicted molar refractivity (Wildman–Crippen MR) is 106 cm³/mol. The number of aromatic nitrogens is 2. The lowest BCUT2D eigenvalue weighted by atomic mass is 10.2. The van der Waals surface area contributed by atoms with Crippen molar-refractivity contribution in [2.24, 2.45) is 5.10 Å². The van der Waals surface area contributed by atoms with Crippen LogP contribution in [0.5, 0.6) is 5.75 Å². The average molecular weight is 362 g/mol. The Morgan fingerprint density at radius 2 is 1.96 bits per heavy atom. The maximum absolute atomic E-state index is 12.3. The number of hydrogen-bond donors (Lipinski definition) is 1. The van der Waals surface area contributed by atoms with Crippen molar-refractivity contribution in [1.29, 1.82) is 0 Å². The van der Waals surface area contributed by atoms with Crippen LogP contribution in [-0.4, -0.2) is 28.5 Å². The number of para-hydroxylation sites is 1. The molecule has 0 bridgehead atoms. The fourth-order valence-corrected chi connectivity index (χ4v) is 2.78. The zero-order chi connectivity index (χ0) is 19.2. The maximum atomic E-state index is 12.3. The Kier molecular flexibility index (Phi) is 5.66. The van der Waals surface area contributed by atoms with Crippen LogP contribution in [0.2, 0.25) is 0 Å². The predicted octanol–water partition coefficient (Wildman–Crippen LogP) is 3.65. The van der Waals surface area contributed by atoms with Crippen LogP contribution < -0.4 is 10.2 Å². The summed E-state index contributed by atoms with van der Waals surface area (Å²) >= 11 is 0. The van der Waals surface area contributed by atoms with Crippen molar-refractivity contribution in [3.63, 3.8) is 0 Å². The number of hydrazone groups is 1. The molecule has 3 aromatic rings. The normalized spacial score (nSPS) is 10.9. The molecular weight excluding hydrogens is 340 g/mol. The van der Waals surface area contributed by atoms with Gasteiger partial charge in [-0.25, -0.2) is 10.1 Å². The van der Waals surface area contributed by atoms with Gasteiger partial charge in [0.05, 0.1) is 29.9 Å². The Hall–Kier alpha value is -3.41. The van der Waals surface area contributed by atoms with Crippen LogP contribution in [0, 0.1) is 13.8 Å². The van der Waals surface area contributed by atoms with Crippen LogP contribution in [0.1, 0.15) is 34.2 Å². The first kappa shape index (κ1) is 18.4. The molecule has 1 heterocycles. The van der Waals surface area contributed by atoms with Gasteiger partial charge in [-0.2, -0.15) is 10.2 Å². The lowest BCUT2D eigenvalue weighted by molar-refractivity contribution is 0.0954. The van der Waals surface area contributed by atoms with E-state index in [1.807, 2.05) is 61.9 Å². The molecule has 6 heteroatoms. The molecule has 1 amide bonds. The second-order valence-electron chi connectivity index (χ2n) is 5.99. The van der Waals surface area contributed by atoms with E-state index in [0.29, 0.717) is 17.9 Å². The first-order chi connectivity index (χ1) is 13.1. The number of aryl methyl sites for hydroxylation is 1. The molecule has 2 aromatic carbocycles. The molecular formula is C21H22N4O2. The molecule has 0 spiro atoms. The van der Waals surface area contributed by atoms with Crippen LogP contribution in [0.3, 0.4) is 0 Å². The molecule has 0 unspecified atom stereocenters. The fraction of sp³-hybridized carbons (Fsp3) is 0.190. The van der Waals surface area contributed by atoms with Crippen molar-refractivity contribution >= 4 is 12.1 Å². The summed E-state index contributed by atoms with van der Waals surface area (Å²) in [5.41, 5.74) is 6.70. The molecule has 3 rings (SSSR count). The van der Waals surface area contributed by atoms with Crippen LogP contribution in [-0.2, 0) is 0 Å². The van der Waals surface area contributed by atoms with Gasteiger partial charge in [-0.05, 0) is 51.1 Å². The number of benzene rings is 2. The number of nitrogens with zero attached hydrogens (tertiary/aromatic N) is 3.